The SMILES string of the molecule is C=C(C)[C@H]1[C@H](O)C[C@]2(C)[C@H]3CC[C@@H]4[C@@]5(C)CCCC(C)(C)[C@@H]5CC[C@@]4(C)[C@]3(C)CC[C@@H]12. The van der Waals surface area contributed by atoms with Crippen LogP contribution in [0, 0.1) is 56.7 Å². The quantitative estimate of drug-likeness (QED) is 0.421. The number of fused-ring (bicyclic) bond motifs is 7. The molecule has 0 aromatic carbocycles. The minimum atomic E-state index is -0.173. The molecule has 5 rings (SSSR count). The smallest absolute Gasteiger partial charge is 0.0613 e. The summed E-state index contributed by atoms with van der Waals surface area (Å²) in [6, 6.07) is 0. The molecule has 0 aromatic heterocycles. The van der Waals surface area contributed by atoms with Crippen LogP contribution in [-0.2, 0) is 0 Å². The predicted molar refractivity (Wildman–Crippen MR) is 131 cm³/mol. The molecule has 5 aliphatic rings. The van der Waals surface area contributed by atoms with Crippen LogP contribution in [0.25, 0.3) is 0 Å². The van der Waals surface area contributed by atoms with E-state index in [9.17, 15) is 5.11 Å². The second-order valence-corrected chi connectivity index (χ2v) is 14.8. The summed E-state index contributed by atoms with van der Waals surface area (Å²) in [6.07, 6.45) is 13.5. The van der Waals surface area contributed by atoms with Gasteiger partial charge in [-0.25, -0.2) is 0 Å². The van der Waals surface area contributed by atoms with E-state index in [2.05, 4.69) is 55.0 Å². The molecule has 0 heterocycles. The van der Waals surface area contributed by atoms with Crippen LogP contribution in [0.4, 0.5) is 0 Å². The van der Waals surface area contributed by atoms with Crippen molar-refractivity contribution in [2.24, 2.45) is 56.7 Å². The molecule has 1 heteroatoms. The van der Waals surface area contributed by atoms with Gasteiger partial charge in [0.1, 0.15) is 0 Å². The van der Waals surface area contributed by atoms with Gasteiger partial charge in [-0.1, -0.05) is 60.1 Å². The first kappa shape index (κ1) is 22.5. The number of rotatable bonds is 1. The van der Waals surface area contributed by atoms with Crippen LogP contribution in [0.15, 0.2) is 12.2 Å². The molecule has 1 nitrogen and oxygen atoms in total. The minimum absolute atomic E-state index is 0.173. The van der Waals surface area contributed by atoms with Gasteiger partial charge in [0.2, 0.25) is 0 Å². The van der Waals surface area contributed by atoms with E-state index in [1.54, 1.807) is 0 Å². The molecule has 1 N–H and O–H groups in total. The standard InChI is InChI=1S/C30H50O/c1-19(2)25-20-12-16-29(7)24(28(20,6)18-21(25)31)11-10-23-27(5)15-9-14-26(3,4)22(27)13-17-30(23,29)8/h20-25,31H,1,9-18H2,2-8H3/t20-,21+,22-,23+,24+,25+,27-,28-,29+,30+/m0/s1. The fourth-order valence-electron chi connectivity index (χ4n) is 12.0. The Labute approximate surface area is 192 Å². The van der Waals surface area contributed by atoms with Crippen molar-refractivity contribution >= 4 is 0 Å². The molecule has 0 saturated heterocycles. The summed E-state index contributed by atoms with van der Waals surface area (Å²) < 4.78 is 0. The van der Waals surface area contributed by atoms with Crippen LogP contribution in [0.2, 0.25) is 0 Å². The van der Waals surface area contributed by atoms with Crippen LogP contribution in [0.3, 0.4) is 0 Å². The topological polar surface area (TPSA) is 20.2 Å². The van der Waals surface area contributed by atoms with E-state index in [4.69, 9.17) is 0 Å². The van der Waals surface area contributed by atoms with Gasteiger partial charge in [0.15, 0.2) is 0 Å². The lowest BCUT2D eigenvalue weighted by Crippen LogP contribution is -2.65. The monoisotopic (exact) mass is 426 g/mol. The number of hydrogen-bond donors (Lipinski definition) is 1. The molecule has 176 valence electrons. The maximum atomic E-state index is 11.1. The van der Waals surface area contributed by atoms with Gasteiger partial charge in [-0.05, 0) is 115 Å². The van der Waals surface area contributed by atoms with Crippen molar-refractivity contribution in [3.63, 3.8) is 0 Å². The van der Waals surface area contributed by atoms with Crippen LogP contribution >= 0.6 is 0 Å². The highest BCUT2D eigenvalue weighted by Gasteiger charge is 2.70. The van der Waals surface area contributed by atoms with Crippen molar-refractivity contribution in [1.29, 1.82) is 0 Å². The van der Waals surface area contributed by atoms with E-state index in [1.165, 1.54) is 63.4 Å². The molecule has 5 aliphatic carbocycles. The average Bonchev–Trinajstić information content (AvgIpc) is 2.91. The molecule has 0 amide bonds. The van der Waals surface area contributed by atoms with E-state index in [0.29, 0.717) is 33.5 Å². The minimum Gasteiger partial charge on any atom is -0.392 e. The Morgan fingerprint density at radius 3 is 1.94 bits per heavy atom. The molecule has 10 atom stereocenters. The second kappa shape index (κ2) is 6.64. The van der Waals surface area contributed by atoms with Crippen molar-refractivity contribution in [2.45, 2.75) is 119 Å². The Bertz CT molecular complexity index is 766. The molecule has 0 spiro atoms. The highest BCUT2D eigenvalue weighted by atomic mass is 16.3. The zero-order valence-electron chi connectivity index (χ0n) is 21.7. The lowest BCUT2D eigenvalue weighted by atomic mass is 9.32. The van der Waals surface area contributed by atoms with Gasteiger partial charge in [0.05, 0.1) is 6.10 Å². The first-order chi connectivity index (χ1) is 14.3. The normalized spacial score (nSPS) is 57.9. The van der Waals surface area contributed by atoms with Gasteiger partial charge >= 0.3 is 0 Å². The van der Waals surface area contributed by atoms with E-state index in [0.717, 1.165) is 24.2 Å². The Kier molecular flexibility index (Phi) is 4.82. The molecule has 0 radical (unpaired) electrons. The van der Waals surface area contributed by atoms with Gasteiger partial charge < -0.3 is 5.11 Å². The number of aliphatic hydroxyl groups is 1. The zero-order chi connectivity index (χ0) is 22.6. The molecule has 0 aromatic rings. The summed E-state index contributed by atoms with van der Waals surface area (Å²) in [4.78, 5) is 0. The summed E-state index contributed by atoms with van der Waals surface area (Å²) in [5.41, 5.74) is 3.42. The summed E-state index contributed by atoms with van der Waals surface area (Å²) in [5, 5.41) is 11.1. The third-order valence-corrected chi connectivity index (χ3v) is 13.3. The van der Waals surface area contributed by atoms with Crippen molar-refractivity contribution in [2.75, 3.05) is 0 Å². The van der Waals surface area contributed by atoms with E-state index in [1.807, 2.05) is 0 Å². The first-order valence-electron chi connectivity index (χ1n) is 13.6. The first-order valence-corrected chi connectivity index (χ1v) is 13.6. The lowest BCUT2D eigenvalue weighted by molar-refractivity contribution is -0.240. The summed E-state index contributed by atoms with van der Waals surface area (Å²) in [6.45, 7) is 22.4. The maximum absolute atomic E-state index is 11.1. The third kappa shape index (κ3) is 2.65. The Morgan fingerprint density at radius 1 is 0.742 bits per heavy atom. The highest BCUT2D eigenvalue weighted by molar-refractivity contribution is 5.22. The van der Waals surface area contributed by atoms with Crippen molar-refractivity contribution in [1.82, 2.24) is 0 Å². The number of aliphatic hydroxyl groups excluding tert-OH is 1. The van der Waals surface area contributed by atoms with E-state index < -0.39 is 0 Å². The average molecular weight is 427 g/mol. The van der Waals surface area contributed by atoms with Gasteiger partial charge in [-0.3, -0.25) is 0 Å². The molecule has 0 aliphatic heterocycles. The van der Waals surface area contributed by atoms with E-state index >= 15 is 0 Å². The zero-order valence-corrected chi connectivity index (χ0v) is 21.7. The Hall–Kier alpha value is -0.300. The van der Waals surface area contributed by atoms with Crippen LogP contribution in [0.1, 0.15) is 113 Å². The molecule has 31 heavy (non-hydrogen) atoms. The Morgan fingerprint density at radius 2 is 1.32 bits per heavy atom. The molecular formula is C30H50O. The summed E-state index contributed by atoms with van der Waals surface area (Å²) >= 11 is 0. The highest BCUT2D eigenvalue weighted by Crippen LogP contribution is 2.77. The van der Waals surface area contributed by atoms with Crippen LogP contribution in [-0.4, -0.2) is 11.2 Å². The Balaban J connectivity index is 1.54. The van der Waals surface area contributed by atoms with Crippen molar-refractivity contribution < 1.29 is 5.11 Å². The van der Waals surface area contributed by atoms with E-state index in [-0.39, 0.29) is 11.5 Å². The van der Waals surface area contributed by atoms with Crippen molar-refractivity contribution in [3.8, 4) is 0 Å². The largest absolute Gasteiger partial charge is 0.392 e. The second-order valence-electron chi connectivity index (χ2n) is 14.8. The number of hydrogen-bond acceptors (Lipinski definition) is 1. The molecular weight excluding hydrogens is 376 g/mol. The molecule has 5 saturated carbocycles. The summed E-state index contributed by atoms with van der Waals surface area (Å²) in [7, 11) is 0. The van der Waals surface area contributed by atoms with Gasteiger partial charge in [-0.15, -0.1) is 0 Å². The fraction of sp³-hybridized carbons (Fsp3) is 0.933. The predicted octanol–water partition coefficient (Wildman–Crippen LogP) is 8.02. The van der Waals surface area contributed by atoms with Crippen LogP contribution in [0.5, 0.6) is 0 Å². The van der Waals surface area contributed by atoms with Gasteiger partial charge in [0.25, 0.3) is 0 Å². The van der Waals surface area contributed by atoms with Gasteiger partial charge in [0, 0.05) is 5.92 Å². The molecule has 0 bridgehead atoms. The summed E-state index contributed by atoms with van der Waals surface area (Å²) in [5.74, 6) is 3.50. The molecule has 0 unspecified atom stereocenters. The fourth-order valence-corrected chi connectivity index (χ4v) is 12.0. The maximum Gasteiger partial charge on any atom is 0.0613 e. The van der Waals surface area contributed by atoms with Gasteiger partial charge in [-0.2, -0.15) is 0 Å². The lowest BCUT2D eigenvalue weighted by Gasteiger charge is -2.73. The third-order valence-electron chi connectivity index (χ3n) is 13.3. The molecule has 5 fully saturated rings. The van der Waals surface area contributed by atoms with Crippen LogP contribution < -0.4 is 0 Å². The van der Waals surface area contributed by atoms with Crippen molar-refractivity contribution in [3.05, 3.63) is 12.2 Å².